The van der Waals surface area contributed by atoms with Gasteiger partial charge in [-0.05, 0) is 31.6 Å². The van der Waals surface area contributed by atoms with Gasteiger partial charge in [-0.15, -0.1) is 0 Å². The molecule has 3 heteroatoms. The predicted octanol–water partition coefficient (Wildman–Crippen LogP) is 2.30. The van der Waals surface area contributed by atoms with E-state index in [1.54, 1.807) is 0 Å². The van der Waals surface area contributed by atoms with E-state index in [0.29, 0.717) is 5.92 Å². The Morgan fingerprint density at radius 2 is 1.75 bits per heavy atom. The van der Waals surface area contributed by atoms with E-state index in [2.05, 4.69) is 26.1 Å². The van der Waals surface area contributed by atoms with Gasteiger partial charge in [0.25, 0.3) is 0 Å². The van der Waals surface area contributed by atoms with Crippen molar-refractivity contribution in [1.29, 1.82) is 0 Å². The molecule has 0 fully saturated rings. The molecule has 0 aliphatic heterocycles. The van der Waals surface area contributed by atoms with Crippen LogP contribution < -0.4 is 11.1 Å². The Labute approximate surface area is 100 Å². The molecule has 0 saturated carbocycles. The Kier molecular flexibility index (Phi) is 7.39. The summed E-state index contributed by atoms with van der Waals surface area (Å²) in [5.41, 5.74) is 5.86. The van der Waals surface area contributed by atoms with Crippen LogP contribution in [0, 0.1) is 11.8 Å². The molecule has 1 amide bonds. The summed E-state index contributed by atoms with van der Waals surface area (Å²) in [6.45, 7) is 10.5. The number of hydrogen-bond donors (Lipinski definition) is 2. The highest BCUT2D eigenvalue weighted by atomic mass is 16.2. The average Bonchev–Trinajstić information content (AvgIpc) is 2.24. The van der Waals surface area contributed by atoms with Crippen molar-refractivity contribution in [2.75, 3.05) is 0 Å². The molecule has 0 aliphatic rings. The summed E-state index contributed by atoms with van der Waals surface area (Å²) in [5, 5.41) is 2.99. The molecule has 3 atom stereocenters. The summed E-state index contributed by atoms with van der Waals surface area (Å²) in [6.07, 6.45) is 3.10. The fourth-order valence-electron chi connectivity index (χ4n) is 1.51. The summed E-state index contributed by atoms with van der Waals surface area (Å²) in [7, 11) is 0. The molecule has 3 nitrogen and oxygen atoms in total. The first kappa shape index (κ1) is 15.4. The Balaban J connectivity index is 3.94. The first-order valence-corrected chi connectivity index (χ1v) is 6.44. The number of amides is 1. The standard InChI is InChI=1S/C13H28N2O/c1-6-10(4)12(14)13(16)15-11(5)8-7-9(2)3/h9-12H,6-8,14H2,1-5H3,(H,15,16). The van der Waals surface area contributed by atoms with Crippen LogP contribution in [0.1, 0.15) is 53.9 Å². The third kappa shape index (κ3) is 6.11. The lowest BCUT2D eigenvalue weighted by Gasteiger charge is -2.21. The predicted molar refractivity (Wildman–Crippen MR) is 69.1 cm³/mol. The van der Waals surface area contributed by atoms with Crippen molar-refractivity contribution < 1.29 is 4.79 Å². The second-order valence-electron chi connectivity index (χ2n) is 5.29. The van der Waals surface area contributed by atoms with E-state index in [1.165, 1.54) is 0 Å². The van der Waals surface area contributed by atoms with Crippen molar-refractivity contribution in [3.63, 3.8) is 0 Å². The highest BCUT2D eigenvalue weighted by Gasteiger charge is 2.20. The largest absolute Gasteiger partial charge is 0.352 e. The third-order valence-corrected chi connectivity index (χ3v) is 3.13. The number of carbonyl (C=O) groups excluding carboxylic acids is 1. The second-order valence-corrected chi connectivity index (χ2v) is 5.29. The van der Waals surface area contributed by atoms with Crippen molar-refractivity contribution in [3.8, 4) is 0 Å². The van der Waals surface area contributed by atoms with E-state index >= 15 is 0 Å². The topological polar surface area (TPSA) is 55.1 Å². The zero-order valence-corrected chi connectivity index (χ0v) is 11.4. The van der Waals surface area contributed by atoms with Crippen LogP contribution in [0.2, 0.25) is 0 Å². The first-order valence-electron chi connectivity index (χ1n) is 6.44. The minimum absolute atomic E-state index is 0.00870. The normalized spacial score (nSPS) is 16.9. The van der Waals surface area contributed by atoms with Crippen LogP contribution in [0.15, 0.2) is 0 Å². The van der Waals surface area contributed by atoms with E-state index in [9.17, 15) is 4.79 Å². The molecule has 0 aromatic rings. The molecule has 0 aliphatic carbocycles. The van der Waals surface area contributed by atoms with Crippen molar-refractivity contribution in [3.05, 3.63) is 0 Å². The highest BCUT2D eigenvalue weighted by Crippen LogP contribution is 2.08. The Morgan fingerprint density at radius 1 is 1.19 bits per heavy atom. The van der Waals surface area contributed by atoms with Crippen LogP contribution in [-0.4, -0.2) is 18.0 Å². The monoisotopic (exact) mass is 228 g/mol. The molecule has 3 unspecified atom stereocenters. The Morgan fingerprint density at radius 3 is 2.19 bits per heavy atom. The summed E-state index contributed by atoms with van der Waals surface area (Å²) < 4.78 is 0. The van der Waals surface area contributed by atoms with Crippen molar-refractivity contribution in [2.45, 2.75) is 66.0 Å². The molecular weight excluding hydrogens is 200 g/mol. The van der Waals surface area contributed by atoms with E-state index in [-0.39, 0.29) is 23.9 Å². The molecule has 0 radical (unpaired) electrons. The first-order chi connectivity index (χ1) is 7.38. The van der Waals surface area contributed by atoms with Crippen LogP contribution in [0.5, 0.6) is 0 Å². The number of carbonyl (C=O) groups is 1. The maximum Gasteiger partial charge on any atom is 0.237 e. The lowest BCUT2D eigenvalue weighted by molar-refractivity contribution is -0.124. The number of rotatable bonds is 7. The van der Waals surface area contributed by atoms with Gasteiger partial charge in [0.2, 0.25) is 5.91 Å². The van der Waals surface area contributed by atoms with Gasteiger partial charge in [-0.2, -0.15) is 0 Å². The molecule has 0 spiro atoms. The van der Waals surface area contributed by atoms with Gasteiger partial charge in [-0.1, -0.05) is 34.1 Å². The van der Waals surface area contributed by atoms with E-state index in [4.69, 9.17) is 5.73 Å². The molecule has 0 saturated heterocycles. The highest BCUT2D eigenvalue weighted by molar-refractivity contribution is 5.82. The number of nitrogens with two attached hydrogens (primary N) is 1. The number of nitrogens with one attached hydrogen (secondary N) is 1. The zero-order valence-electron chi connectivity index (χ0n) is 11.4. The minimum atomic E-state index is -0.369. The average molecular weight is 228 g/mol. The SMILES string of the molecule is CCC(C)C(N)C(=O)NC(C)CCC(C)C. The second kappa shape index (κ2) is 7.66. The lowest BCUT2D eigenvalue weighted by atomic mass is 9.98. The van der Waals surface area contributed by atoms with Gasteiger partial charge in [0.1, 0.15) is 0 Å². The van der Waals surface area contributed by atoms with Crippen LogP contribution in [-0.2, 0) is 4.79 Å². The van der Waals surface area contributed by atoms with Crippen LogP contribution in [0.4, 0.5) is 0 Å². The van der Waals surface area contributed by atoms with Crippen LogP contribution in [0.3, 0.4) is 0 Å². The van der Waals surface area contributed by atoms with Gasteiger partial charge in [0.15, 0.2) is 0 Å². The van der Waals surface area contributed by atoms with Gasteiger partial charge in [0, 0.05) is 6.04 Å². The molecule has 0 bridgehead atoms. The third-order valence-electron chi connectivity index (χ3n) is 3.13. The quantitative estimate of drug-likeness (QED) is 0.702. The van der Waals surface area contributed by atoms with Crippen molar-refractivity contribution in [1.82, 2.24) is 5.32 Å². The molecular formula is C13H28N2O. The molecule has 3 N–H and O–H groups in total. The van der Waals surface area contributed by atoms with Gasteiger partial charge < -0.3 is 11.1 Å². The van der Waals surface area contributed by atoms with Gasteiger partial charge in [0.05, 0.1) is 6.04 Å². The maximum absolute atomic E-state index is 11.8. The summed E-state index contributed by atoms with van der Waals surface area (Å²) in [6, 6.07) is -0.142. The smallest absolute Gasteiger partial charge is 0.237 e. The van der Waals surface area contributed by atoms with Gasteiger partial charge >= 0.3 is 0 Å². The Bertz CT molecular complexity index is 204. The fourth-order valence-corrected chi connectivity index (χ4v) is 1.51. The number of hydrogen-bond acceptors (Lipinski definition) is 2. The van der Waals surface area contributed by atoms with Crippen molar-refractivity contribution in [2.24, 2.45) is 17.6 Å². The Hall–Kier alpha value is -0.570. The molecule has 0 aromatic heterocycles. The fraction of sp³-hybridized carbons (Fsp3) is 0.923. The van der Waals surface area contributed by atoms with Crippen LogP contribution >= 0.6 is 0 Å². The molecule has 0 heterocycles. The summed E-state index contributed by atoms with van der Waals surface area (Å²) >= 11 is 0. The molecule has 96 valence electrons. The van der Waals surface area contributed by atoms with Gasteiger partial charge in [-0.25, -0.2) is 0 Å². The maximum atomic E-state index is 11.8. The van der Waals surface area contributed by atoms with E-state index in [0.717, 1.165) is 19.3 Å². The molecule has 0 rings (SSSR count). The van der Waals surface area contributed by atoms with Crippen LogP contribution in [0.25, 0.3) is 0 Å². The summed E-state index contributed by atoms with van der Waals surface area (Å²) in [5.74, 6) is 0.922. The van der Waals surface area contributed by atoms with E-state index < -0.39 is 0 Å². The van der Waals surface area contributed by atoms with Gasteiger partial charge in [-0.3, -0.25) is 4.79 Å². The molecule has 0 aromatic carbocycles. The zero-order chi connectivity index (χ0) is 12.7. The van der Waals surface area contributed by atoms with E-state index in [1.807, 2.05) is 13.8 Å². The summed E-state index contributed by atoms with van der Waals surface area (Å²) in [4.78, 5) is 11.8. The van der Waals surface area contributed by atoms with Crippen molar-refractivity contribution >= 4 is 5.91 Å². The molecule has 16 heavy (non-hydrogen) atoms. The lowest BCUT2D eigenvalue weighted by Crippen LogP contribution is -2.47. The minimum Gasteiger partial charge on any atom is -0.352 e.